The Morgan fingerprint density at radius 3 is 2.86 bits per heavy atom. The lowest BCUT2D eigenvalue weighted by molar-refractivity contribution is 0.154. The molecule has 0 aliphatic heterocycles. The maximum absolute atomic E-state index is 13.1. The molecule has 1 N–H and O–H groups in total. The van der Waals surface area contributed by atoms with Gasteiger partial charge in [0.25, 0.3) is 0 Å². The molecule has 1 nitrogen and oxygen atoms in total. The van der Waals surface area contributed by atoms with Gasteiger partial charge in [-0.2, -0.15) is 0 Å². The molecular weight excluding hydrogens is 287 g/mol. The van der Waals surface area contributed by atoms with Crippen molar-refractivity contribution < 1.29 is 9.50 Å². The average molecular weight is 305 g/mol. The fourth-order valence-electron chi connectivity index (χ4n) is 3.27. The summed E-state index contributed by atoms with van der Waals surface area (Å²) in [5, 5.41) is 10.8. The molecule has 3 heteroatoms. The molecule has 0 amide bonds. The number of benzene rings is 2. The van der Waals surface area contributed by atoms with E-state index in [4.69, 9.17) is 11.6 Å². The highest BCUT2D eigenvalue weighted by Gasteiger charge is 2.24. The van der Waals surface area contributed by atoms with Crippen LogP contribution in [0.5, 0.6) is 0 Å². The number of hydrogen-bond acceptors (Lipinski definition) is 1. The van der Waals surface area contributed by atoms with Gasteiger partial charge in [0.2, 0.25) is 0 Å². The van der Waals surface area contributed by atoms with Gasteiger partial charge in [0.15, 0.2) is 0 Å². The molecular formula is C18H18ClFO. The van der Waals surface area contributed by atoms with Gasteiger partial charge in [0.1, 0.15) is 5.82 Å². The number of aliphatic hydroxyl groups is 1. The van der Waals surface area contributed by atoms with Crippen molar-refractivity contribution in [2.45, 2.75) is 37.7 Å². The summed E-state index contributed by atoms with van der Waals surface area (Å²) in [6.45, 7) is 0. The van der Waals surface area contributed by atoms with Crippen LogP contribution >= 0.6 is 11.6 Å². The maximum Gasteiger partial charge on any atom is 0.124 e. The molecule has 2 atom stereocenters. The van der Waals surface area contributed by atoms with E-state index in [1.807, 2.05) is 0 Å². The summed E-state index contributed by atoms with van der Waals surface area (Å²) in [7, 11) is 0. The molecule has 110 valence electrons. The van der Waals surface area contributed by atoms with Gasteiger partial charge >= 0.3 is 0 Å². The number of hydrogen-bond donors (Lipinski definition) is 1. The fraction of sp³-hybridized carbons (Fsp3) is 0.333. The molecule has 0 radical (unpaired) electrons. The topological polar surface area (TPSA) is 20.2 Å². The molecule has 0 saturated carbocycles. The zero-order chi connectivity index (χ0) is 14.8. The van der Waals surface area contributed by atoms with Crippen LogP contribution in [0.25, 0.3) is 0 Å². The van der Waals surface area contributed by atoms with Crippen molar-refractivity contribution in [2.75, 3.05) is 0 Å². The number of aliphatic hydroxyl groups excluding tert-OH is 1. The lowest BCUT2D eigenvalue weighted by atomic mass is 9.79. The summed E-state index contributed by atoms with van der Waals surface area (Å²) < 4.78 is 13.1. The first-order valence-corrected chi connectivity index (χ1v) is 7.74. The minimum Gasteiger partial charge on any atom is -0.388 e. The van der Waals surface area contributed by atoms with Crippen molar-refractivity contribution in [1.82, 2.24) is 0 Å². The van der Waals surface area contributed by atoms with Crippen LogP contribution in [0, 0.1) is 5.82 Å². The minimum atomic E-state index is -0.658. The SMILES string of the molecule is OC(CC1CCCc2ccccc21)c1ccc(F)cc1Cl. The molecule has 0 saturated heterocycles. The molecule has 2 unspecified atom stereocenters. The molecule has 1 aliphatic carbocycles. The van der Waals surface area contributed by atoms with Gasteiger partial charge in [-0.3, -0.25) is 0 Å². The number of rotatable bonds is 3. The summed E-state index contributed by atoms with van der Waals surface area (Å²) in [6.07, 6.45) is 3.30. The largest absolute Gasteiger partial charge is 0.388 e. The molecule has 0 bridgehead atoms. The number of aryl methyl sites for hydroxylation is 1. The molecule has 0 heterocycles. The van der Waals surface area contributed by atoms with E-state index in [0.717, 1.165) is 19.3 Å². The van der Waals surface area contributed by atoms with E-state index in [1.54, 1.807) is 6.07 Å². The van der Waals surface area contributed by atoms with Gasteiger partial charge in [-0.15, -0.1) is 0 Å². The molecule has 2 aromatic rings. The Morgan fingerprint density at radius 1 is 1.24 bits per heavy atom. The second-order valence-corrected chi connectivity index (χ2v) is 6.11. The van der Waals surface area contributed by atoms with E-state index < -0.39 is 6.10 Å². The van der Waals surface area contributed by atoms with Gasteiger partial charge in [0.05, 0.1) is 6.10 Å². The van der Waals surface area contributed by atoms with E-state index in [9.17, 15) is 9.50 Å². The first-order valence-electron chi connectivity index (χ1n) is 7.36. The lowest BCUT2D eigenvalue weighted by Gasteiger charge is -2.27. The van der Waals surface area contributed by atoms with E-state index in [0.29, 0.717) is 22.9 Å². The summed E-state index contributed by atoms with van der Waals surface area (Å²) in [5.41, 5.74) is 3.33. The third-order valence-electron chi connectivity index (χ3n) is 4.32. The van der Waals surface area contributed by atoms with E-state index in [2.05, 4.69) is 24.3 Å². The van der Waals surface area contributed by atoms with E-state index in [1.165, 1.54) is 23.3 Å². The normalized spacial score (nSPS) is 19.1. The molecule has 1 aliphatic rings. The molecule has 21 heavy (non-hydrogen) atoms. The molecule has 0 spiro atoms. The van der Waals surface area contributed by atoms with Crippen LogP contribution in [0.15, 0.2) is 42.5 Å². The van der Waals surface area contributed by atoms with Crippen LogP contribution in [-0.4, -0.2) is 5.11 Å². The predicted octanol–water partition coefficient (Wildman–Crippen LogP) is 5.02. The van der Waals surface area contributed by atoms with Gasteiger partial charge in [-0.25, -0.2) is 4.39 Å². The van der Waals surface area contributed by atoms with Gasteiger partial charge in [-0.05, 0) is 60.4 Å². The Hall–Kier alpha value is -1.38. The van der Waals surface area contributed by atoms with Crippen molar-refractivity contribution in [3.05, 3.63) is 70.0 Å². The van der Waals surface area contributed by atoms with Crippen LogP contribution in [0.3, 0.4) is 0 Å². The second kappa shape index (κ2) is 6.17. The highest BCUT2D eigenvalue weighted by molar-refractivity contribution is 6.31. The van der Waals surface area contributed by atoms with Gasteiger partial charge < -0.3 is 5.11 Å². The van der Waals surface area contributed by atoms with Crippen molar-refractivity contribution >= 4 is 11.6 Å². The molecule has 3 rings (SSSR count). The first-order chi connectivity index (χ1) is 10.1. The fourth-order valence-corrected chi connectivity index (χ4v) is 3.56. The highest BCUT2D eigenvalue weighted by Crippen LogP contribution is 2.38. The van der Waals surface area contributed by atoms with Crippen molar-refractivity contribution in [1.29, 1.82) is 0 Å². The molecule has 2 aromatic carbocycles. The Labute approximate surface area is 129 Å². The number of fused-ring (bicyclic) bond motifs is 1. The zero-order valence-corrected chi connectivity index (χ0v) is 12.5. The second-order valence-electron chi connectivity index (χ2n) is 5.71. The highest BCUT2D eigenvalue weighted by atomic mass is 35.5. The van der Waals surface area contributed by atoms with Crippen LogP contribution in [-0.2, 0) is 6.42 Å². The molecule has 0 fully saturated rings. The van der Waals surface area contributed by atoms with Gasteiger partial charge in [-0.1, -0.05) is 41.9 Å². The Morgan fingerprint density at radius 2 is 2.05 bits per heavy atom. The van der Waals surface area contributed by atoms with Crippen LogP contribution < -0.4 is 0 Å². The predicted molar refractivity (Wildman–Crippen MR) is 83.1 cm³/mol. The van der Waals surface area contributed by atoms with E-state index in [-0.39, 0.29) is 5.82 Å². The van der Waals surface area contributed by atoms with Crippen molar-refractivity contribution in [3.8, 4) is 0 Å². The quantitative estimate of drug-likeness (QED) is 0.844. The zero-order valence-electron chi connectivity index (χ0n) is 11.7. The van der Waals surface area contributed by atoms with Gasteiger partial charge in [0, 0.05) is 5.02 Å². The Kier molecular flexibility index (Phi) is 4.27. The van der Waals surface area contributed by atoms with Crippen molar-refractivity contribution in [3.63, 3.8) is 0 Å². The lowest BCUT2D eigenvalue weighted by Crippen LogP contribution is -2.13. The first kappa shape index (κ1) is 14.6. The summed E-state index contributed by atoms with van der Waals surface area (Å²) in [4.78, 5) is 0. The Bertz CT molecular complexity index is 641. The van der Waals surface area contributed by atoms with Crippen molar-refractivity contribution in [2.24, 2.45) is 0 Å². The van der Waals surface area contributed by atoms with Crippen LogP contribution in [0.2, 0.25) is 5.02 Å². The average Bonchev–Trinajstić information content (AvgIpc) is 2.47. The minimum absolute atomic E-state index is 0.298. The standard InChI is InChI=1S/C18H18ClFO/c19-17-11-14(20)8-9-16(17)18(21)10-13-6-3-5-12-4-1-2-7-15(12)13/h1-2,4,7-9,11,13,18,21H,3,5-6,10H2. The third-order valence-corrected chi connectivity index (χ3v) is 4.65. The number of halogens is 2. The summed E-state index contributed by atoms with van der Waals surface area (Å²) in [6, 6.07) is 12.6. The molecule has 0 aromatic heterocycles. The summed E-state index contributed by atoms with van der Waals surface area (Å²) >= 11 is 6.04. The smallest absolute Gasteiger partial charge is 0.124 e. The summed E-state index contributed by atoms with van der Waals surface area (Å²) in [5.74, 6) is -0.0370. The monoisotopic (exact) mass is 304 g/mol. The van der Waals surface area contributed by atoms with Crippen LogP contribution in [0.1, 0.15) is 48.0 Å². The van der Waals surface area contributed by atoms with E-state index >= 15 is 0 Å². The Balaban J connectivity index is 1.81. The third kappa shape index (κ3) is 3.12. The van der Waals surface area contributed by atoms with Crippen LogP contribution in [0.4, 0.5) is 4.39 Å². The maximum atomic E-state index is 13.1.